The fourth-order valence-corrected chi connectivity index (χ4v) is 4.62. The summed E-state index contributed by atoms with van der Waals surface area (Å²) >= 11 is 0. The molecule has 3 heterocycles. The maximum absolute atomic E-state index is 12.6. The predicted molar refractivity (Wildman–Crippen MR) is 131 cm³/mol. The third-order valence-electron chi connectivity index (χ3n) is 6.49. The van der Waals surface area contributed by atoms with Gasteiger partial charge in [0.15, 0.2) is 0 Å². The van der Waals surface area contributed by atoms with Crippen molar-refractivity contribution in [1.82, 2.24) is 25.3 Å². The minimum Gasteiger partial charge on any atom is -0.489 e. The van der Waals surface area contributed by atoms with Crippen molar-refractivity contribution in [3.05, 3.63) is 46.8 Å². The van der Waals surface area contributed by atoms with Crippen LogP contribution in [0.25, 0.3) is 10.9 Å². The summed E-state index contributed by atoms with van der Waals surface area (Å²) in [6.45, 7) is 2.91. The van der Waals surface area contributed by atoms with E-state index in [0.29, 0.717) is 41.5 Å². The normalized spacial score (nSPS) is 20.4. The van der Waals surface area contributed by atoms with Crippen molar-refractivity contribution < 1.29 is 14.3 Å². The third kappa shape index (κ3) is 5.19. The van der Waals surface area contributed by atoms with Crippen LogP contribution in [0.15, 0.2) is 35.5 Å². The van der Waals surface area contributed by atoms with E-state index >= 15 is 0 Å². The van der Waals surface area contributed by atoms with E-state index in [0.717, 1.165) is 44.5 Å². The Kier molecular flexibility index (Phi) is 6.75. The molecule has 5 rings (SSSR count). The minimum absolute atomic E-state index is 0.0195. The number of benzene rings is 1. The summed E-state index contributed by atoms with van der Waals surface area (Å²) in [7, 11) is 1.57. The number of hydrogen-bond acceptors (Lipinski definition) is 9. The second-order valence-electron chi connectivity index (χ2n) is 8.75. The number of H-pyrrole nitrogens is 1. The Morgan fingerprint density at radius 2 is 1.97 bits per heavy atom. The van der Waals surface area contributed by atoms with Gasteiger partial charge in [-0.25, -0.2) is 15.0 Å². The summed E-state index contributed by atoms with van der Waals surface area (Å²) in [6.07, 6.45) is 6.32. The molecule has 0 atom stereocenters. The molecule has 11 heteroatoms. The van der Waals surface area contributed by atoms with Crippen LogP contribution < -0.4 is 25.8 Å². The van der Waals surface area contributed by atoms with Crippen molar-refractivity contribution >= 4 is 28.4 Å². The van der Waals surface area contributed by atoms with E-state index < -0.39 is 0 Å². The van der Waals surface area contributed by atoms with Crippen molar-refractivity contribution in [2.45, 2.75) is 37.8 Å². The Hall–Kier alpha value is -3.73. The monoisotopic (exact) mass is 479 g/mol. The van der Waals surface area contributed by atoms with Gasteiger partial charge in [0.25, 0.3) is 11.5 Å². The molecule has 0 spiro atoms. The van der Waals surface area contributed by atoms with Gasteiger partial charge in [-0.3, -0.25) is 9.59 Å². The molecule has 11 nitrogen and oxygen atoms in total. The van der Waals surface area contributed by atoms with Gasteiger partial charge in [0.2, 0.25) is 5.95 Å². The maximum Gasteiger partial charge on any atom is 0.269 e. The van der Waals surface area contributed by atoms with Crippen LogP contribution in [0.4, 0.5) is 11.6 Å². The topological polar surface area (TPSA) is 134 Å². The first-order chi connectivity index (χ1) is 17.1. The third-order valence-corrected chi connectivity index (χ3v) is 6.49. The number of hydrogen-bond donors (Lipinski definition) is 3. The quantitative estimate of drug-likeness (QED) is 0.483. The number of fused-ring (bicyclic) bond motifs is 1. The summed E-state index contributed by atoms with van der Waals surface area (Å²) in [4.78, 5) is 42.3. The molecule has 184 valence electrons. The van der Waals surface area contributed by atoms with Gasteiger partial charge in [-0.05, 0) is 37.8 Å². The first-order valence-electron chi connectivity index (χ1n) is 11.9. The number of carbonyl (C=O) groups excluding carboxylic acids is 1. The van der Waals surface area contributed by atoms with Crippen LogP contribution in [0.5, 0.6) is 5.75 Å². The molecule has 1 aliphatic heterocycles. The number of carbonyl (C=O) groups is 1. The molecule has 2 aliphatic rings. The molecule has 1 saturated heterocycles. The predicted octanol–water partition coefficient (Wildman–Crippen LogP) is 1.71. The van der Waals surface area contributed by atoms with Crippen molar-refractivity contribution in [1.29, 1.82) is 0 Å². The van der Waals surface area contributed by atoms with Crippen LogP contribution in [0.1, 0.15) is 36.2 Å². The lowest BCUT2D eigenvalue weighted by Gasteiger charge is -2.31. The maximum atomic E-state index is 12.6. The van der Waals surface area contributed by atoms with Gasteiger partial charge in [-0.1, -0.05) is 0 Å². The zero-order chi connectivity index (χ0) is 24.2. The lowest BCUT2D eigenvalue weighted by atomic mass is 9.93. The van der Waals surface area contributed by atoms with Crippen molar-refractivity contribution in [3.8, 4) is 5.75 Å². The number of aromatic amines is 1. The molecule has 0 bridgehead atoms. The van der Waals surface area contributed by atoms with Crippen LogP contribution in [0.3, 0.4) is 0 Å². The van der Waals surface area contributed by atoms with E-state index in [4.69, 9.17) is 9.47 Å². The Balaban J connectivity index is 1.28. The number of ether oxygens (including phenoxy) is 2. The molecular weight excluding hydrogens is 450 g/mol. The van der Waals surface area contributed by atoms with E-state index in [1.54, 1.807) is 19.3 Å². The highest BCUT2D eigenvalue weighted by atomic mass is 16.5. The number of rotatable bonds is 6. The molecule has 3 N–H and O–H groups in total. The smallest absolute Gasteiger partial charge is 0.269 e. The standard InChI is InChI=1S/C24H29N7O4/c1-25-22(32)18-6-7-26-24(30-18)29-15-2-4-17(5-3-15)35-20-13-16(31-8-10-34-11-9-31)12-19-21(20)23(33)28-14-27-19/h6-7,12-15,17H,2-5,8-11H2,1H3,(H,25,32)(H,26,29,30)(H,27,28,33). The number of amides is 1. The highest BCUT2D eigenvalue weighted by molar-refractivity contribution is 5.92. The molecule has 2 fully saturated rings. The average molecular weight is 480 g/mol. The van der Waals surface area contributed by atoms with E-state index in [2.05, 4.69) is 35.5 Å². The van der Waals surface area contributed by atoms with E-state index in [-0.39, 0.29) is 23.6 Å². The number of nitrogens with one attached hydrogen (secondary N) is 3. The fraction of sp³-hybridized carbons (Fsp3) is 0.458. The number of morpholine rings is 1. The largest absolute Gasteiger partial charge is 0.489 e. The SMILES string of the molecule is CNC(=O)c1ccnc(NC2CCC(Oc3cc(N4CCOCC4)cc4nc[nH]c(=O)c34)CC2)n1. The second-order valence-corrected chi connectivity index (χ2v) is 8.75. The molecule has 1 aliphatic carbocycles. The molecule has 35 heavy (non-hydrogen) atoms. The number of aromatic nitrogens is 4. The van der Waals surface area contributed by atoms with Crippen molar-refractivity contribution in [2.75, 3.05) is 43.6 Å². The van der Waals surface area contributed by atoms with Gasteiger partial charge in [0.05, 0.1) is 31.2 Å². The van der Waals surface area contributed by atoms with Gasteiger partial charge >= 0.3 is 0 Å². The van der Waals surface area contributed by atoms with Gasteiger partial charge in [0, 0.05) is 44.1 Å². The van der Waals surface area contributed by atoms with Crippen molar-refractivity contribution in [3.63, 3.8) is 0 Å². The Morgan fingerprint density at radius 3 is 2.74 bits per heavy atom. The molecule has 1 amide bonds. The molecule has 0 unspecified atom stereocenters. The Morgan fingerprint density at radius 1 is 1.17 bits per heavy atom. The van der Waals surface area contributed by atoms with Gasteiger partial charge < -0.3 is 30.0 Å². The molecular formula is C24H29N7O4. The van der Waals surface area contributed by atoms with Crippen LogP contribution in [-0.2, 0) is 4.74 Å². The minimum atomic E-state index is -0.247. The molecule has 0 radical (unpaired) electrons. The van der Waals surface area contributed by atoms with E-state index in [9.17, 15) is 9.59 Å². The summed E-state index contributed by atoms with van der Waals surface area (Å²) in [5.41, 5.74) is 1.73. The van der Waals surface area contributed by atoms with Crippen molar-refractivity contribution in [2.24, 2.45) is 0 Å². The Bertz CT molecular complexity index is 1250. The summed E-state index contributed by atoms with van der Waals surface area (Å²) < 4.78 is 11.9. The first-order valence-corrected chi connectivity index (χ1v) is 11.9. The molecule has 1 aromatic carbocycles. The highest BCUT2D eigenvalue weighted by Gasteiger charge is 2.25. The van der Waals surface area contributed by atoms with Crippen LogP contribution >= 0.6 is 0 Å². The number of nitrogens with zero attached hydrogens (tertiary/aromatic N) is 4. The fourth-order valence-electron chi connectivity index (χ4n) is 4.62. The van der Waals surface area contributed by atoms with E-state index in [1.807, 2.05) is 12.1 Å². The van der Waals surface area contributed by atoms with Gasteiger partial charge in [-0.2, -0.15) is 0 Å². The lowest BCUT2D eigenvalue weighted by Crippen LogP contribution is -2.36. The number of anilines is 2. The van der Waals surface area contributed by atoms with Crippen LogP contribution in [-0.4, -0.2) is 71.3 Å². The van der Waals surface area contributed by atoms with Gasteiger partial charge in [-0.15, -0.1) is 0 Å². The molecule has 1 saturated carbocycles. The first kappa shape index (κ1) is 23.0. The Labute approximate surface area is 202 Å². The van der Waals surface area contributed by atoms with Crippen LogP contribution in [0, 0.1) is 0 Å². The zero-order valence-corrected chi connectivity index (χ0v) is 19.6. The van der Waals surface area contributed by atoms with Crippen LogP contribution in [0.2, 0.25) is 0 Å². The summed E-state index contributed by atoms with van der Waals surface area (Å²) in [6, 6.07) is 5.65. The molecule has 3 aromatic rings. The summed E-state index contributed by atoms with van der Waals surface area (Å²) in [5, 5.41) is 6.38. The highest BCUT2D eigenvalue weighted by Crippen LogP contribution is 2.32. The second kappa shape index (κ2) is 10.3. The lowest BCUT2D eigenvalue weighted by molar-refractivity contribution is 0.0958. The van der Waals surface area contributed by atoms with E-state index in [1.165, 1.54) is 6.33 Å². The zero-order valence-electron chi connectivity index (χ0n) is 19.6. The average Bonchev–Trinajstić information content (AvgIpc) is 2.90. The molecule has 2 aromatic heterocycles. The summed E-state index contributed by atoms with van der Waals surface area (Å²) in [5.74, 6) is 0.761. The van der Waals surface area contributed by atoms with Gasteiger partial charge in [0.1, 0.15) is 16.8 Å².